The van der Waals surface area contributed by atoms with Gasteiger partial charge in [0.25, 0.3) is 0 Å². The molecule has 0 spiro atoms. The molecule has 0 N–H and O–H groups in total. The molecule has 0 aliphatic carbocycles. The molecule has 0 fully saturated rings. The highest BCUT2D eigenvalue weighted by Crippen LogP contribution is 2.01. The predicted molar refractivity (Wildman–Crippen MR) is 35.6 cm³/mol. The second kappa shape index (κ2) is 5.10. The molecule has 0 rings (SSSR count). The van der Waals surface area contributed by atoms with Crippen molar-refractivity contribution in [2.45, 2.75) is 19.8 Å². The monoisotopic (exact) mass is 115 g/mol. The van der Waals surface area contributed by atoms with Gasteiger partial charge >= 0.3 is 0 Å². The van der Waals surface area contributed by atoms with Crippen molar-refractivity contribution < 1.29 is 4.74 Å². The van der Waals surface area contributed by atoms with Gasteiger partial charge in [0.2, 0.25) is 0 Å². The molecule has 0 heterocycles. The molecule has 0 saturated heterocycles. The van der Waals surface area contributed by atoms with Crippen LogP contribution in [0.5, 0.6) is 0 Å². The largest absolute Gasteiger partial charge is 0.385 e. The third-order valence-corrected chi connectivity index (χ3v) is 1.05. The predicted octanol–water partition coefficient (Wildman–Crippen LogP) is 1.88. The summed E-state index contributed by atoms with van der Waals surface area (Å²) in [5.41, 5.74) is 0. The van der Waals surface area contributed by atoms with Crippen LogP contribution in [-0.2, 0) is 4.74 Å². The van der Waals surface area contributed by atoms with Gasteiger partial charge < -0.3 is 4.74 Å². The van der Waals surface area contributed by atoms with E-state index in [4.69, 9.17) is 4.74 Å². The number of hydrogen-bond donors (Lipinski definition) is 0. The molecule has 1 nitrogen and oxygen atoms in total. The highest BCUT2D eigenvalue weighted by molar-refractivity contribution is 4.52. The van der Waals surface area contributed by atoms with E-state index < -0.39 is 0 Å². The molecule has 0 bridgehead atoms. The Morgan fingerprint density at radius 3 is 2.62 bits per heavy atom. The first-order valence-corrected chi connectivity index (χ1v) is 3.09. The van der Waals surface area contributed by atoms with Crippen molar-refractivity contribution in [3.8, 4) is 0 Å². The average Bonchev–Trinajstić information content (AvgIpc) is 1.66. The Morgan fingerprint density at radius 1 is 1.62 bits per heavy atom. The van der Waals surface area contributed by atoms with E-state index >= 15 is 0 Å². The van der Waals surface area contributed by atoms with E-state index in [9.17, 15) is 0 Å². The number of rotatable bonds is 4. The highest BCUT2D eigenvalue weighted by atomic mass is 16.5. The van der Waals surface area contributed by atoms with E-state index in [-0.39, 0.29) is 0 Å². The van der Waals surface area contributed by atoms with E-state index in [2.05, 4.69) is 13.8 Å². The minimum Gasteiger partial charge on any atom is -0.385 e. The van der Waals surface area contributed by atoms with Gasteiger partial charge in [0, 0.05) is 13.7 Å². The fourth-order valence-corrected chi connectivity index (χ4v) is 0.576. The molecule has 1 heteroatoms. The number of ether oxygens (including phenoxy) is 1. The Balaban J connectivity index is 2.72. The fraction of sp³-hybridized carbons (Fsp3) is 0.857. The minimum absolute atomic E-state index is 0.574. The quantitative estimate of drug-likeness (QED) is 0.508. The van der Waals surface area contributed by atoms with Gasteiger partial charge in [0.15, 0.2) is 0 Å². The van der Waals surface area contributed by atoms with Gasteiger partial charge in [-0.3, -0.25) is 0 Å². The van der Waals surface area contributed by atoms with E-state index in [1.807, 2.05) is 0 Å². The second-order valence-electron chi connectivity index (χ2n) is 2.24. The molecule has 0 amide bonds. The lowest BCUT2D eigenvalue weighted by Gasteiger charge is -2.01. The van der Waals surface area contributed by atoms with Crippen LogP contribution >= 0.6 is 0 Å². The van der Waals surface area contributed by atoms with Crippen LogP contribution < -0.4 is 0 Å². The van der Waals surface area contributed by atoms with E-state index in [1.54, 1.807) is 7.11 Å². The van der Waals surface area contributed by atoms with E-state index in [0.717, 1.165) is 13.0 Å². The third-order valence-electron chi connectivity index (χ3n) is 1.05. The summed E-state index contributed by atoms with van der Waals surface area (Å²) >= 11 is 0. The minimum atomic E-state index is 0.574. The van der Waals surface area contributed by atoms with Gasteiger partial charge in [-0.15, -0.1) is 0 Å². The molecule has 0 aromatic carbocycles. The van der Waals surface area contributed by atoms with Crippen molar-refractivity contribution in [2.24, 2.45) is 5.92 Å². The third kappa shape index (κ3) is 5.96. The maximum atomic E-state index is 4.86. The first-order chi connectivity index (χ1) is 3.77. The molecule has 0 aliphatic rings. The van der Waals surface area contributed by atoms with Crippen LogP contribution in [0.2, 0.25) is 0 Å². The Hall–Kier alpha value is -0.0400. The topological polar surface area (TPSA) is 9.23 Å². The van der Waals surface area contributed by atoms with Crippen molar-refractivity contribution in [3.05, 3.63) is 6.92 Å². The van der Waals surface area contributed by atoms with Crippen LogP contribution in [0.15, 0.2) is 0 Å². The van der Waals surface area contributed by atoms with Crippen molar-refractivity contribution in [1.29, 1.82) is 0 Å². The maximum absolute atomic E-state index is 4.86. The summed E-state index contributed by atoms with van der Waals surface area (Å²) in [6.45, 7) is 6.85. The summed E-state index contributed by atoms with van der Waals surface area (Å²) < 4.78 is 4.86. The van der Waals surface area contributed by atoms with Crippen LogP contribution in [-0.4, -0.2) is 13.7 Å². The van der Waals surface area contributed by atoms with E-state index in [1.165, 1.54) is 6.42 Å². The SMILES string of the molecule is [CH2]C(C)CCCOC. The molecule has 0 aromatic rings. The number of hydrogen-bond acceptors (Lipinski definition) is 1. The van der Waals surface area contributed by atoms with Gasteiger partial charge in [0.1, 0.15) is 0 Å². The molecular formula is C7H15O. The van der Waals surface area contributed by atoms with Crippen LogP contribution in [0.4, 0.5) is 0 Å². The summed E-state index contributed by atoms with van der Waals surface area (Å²) in [7, 11) is 1.73. The summed E-state index contributed by atoms with van der Waals surface area (Å²) in [5, 5.41) is 0. The van der Waals surface area contributed by atoms with Crippen LogP contribution in [0.3, 0.4) is 0 Å². The van der Waals surface area contributed by atoms with Crippen LogP contribution in [0, 0.1) is 12.8 Å². The zero-order valence-corrected chi connectivity index (χ0v) is 5.81. The second-order valence-corrected chi connectivity index (χ2v) is 2.24. The van der Waals surface area contributed by atoms with Gasteiger partial charge in [0.05, 0.1) is 0 Å². The summed E-state index contributed by atoms with van der Waals surface area (Å²) in [5.74, 6) is 0.574. The lowest BCUT2D eigenvalue weighted by Crippen LogP contribution is -1.92. The molecule has 49 valence electrons. The zero-order chi connectivity index (χ0) is 6.41. The molecule has 0 saturated carbocycles. The lowest BCUT2D eigenvalue weighted by atomic mass is 10.1. The van der Waals surface area contributed by atoms with Gasteiger partial charge in [-0.25, -0.2) is 0 Å². The molecule has 1 radical (unpaired) electrons. The zero-order valence-electron chi connectivity index (χ0n) is 5.81. The standard InChI is InChI=1S/C7H15O/c1-7(2)5-4-6-8-3/h7H,1,4-6H2,2-3H3. The molecule has 1 unspecified atom stereocenters. The maximum Gasteiger partial charge on any atom is 0.0462 e. The van der Waals surface area contributed by atoms with Crippen molar-refractivity contribution >= 4 is 0 Å². The van der Waals surface area contributed by atoms with Crippen LogP contribution in [0.1, 0.15) is 19.8 Å². The molecule has 8 heavy (non-hydrogen) atoms. The van der Waals surface area contributed by atoms with Crippen molar-refractivity contribution in [3.63, 3.8) is 0 Å². The van der Waals surface area contributed by atoms with Gasteiger partial charge in [-0.05, 0) is 18.8 Å². The number of methoxy groups -OCH3 is 1. The highest BCUT2D eigenvalue weighted by Gasteiger charge is 1.91. The fourth-order valence-electron chi connectivity index (χ4n) is 0.576. The Morgan fingerprint density at radius 2 is 2.25 bits per heavy atom. The summed E-state index contributed by atoms with van der Waals surface area (Å²) in [4.78, 5) is 0. The lowest BCUT2D eigenvalue weighted by molar-refractivity contribution is 0.190. The molecular weight excluding hydrogens is 100 g/mol. The van der Waals surface area contributed by atoms with Crippen molar-refractivity contribution in [2.75, 3.05) is 13.7 Å². The molecule has 0 aromatic heterocycles. The Labute approximate surface area is 52.0 Å². The summed E-state index contributed by atoms with van der Waals surface area (Å²) in [6, 6.07) is 0. The first kappa shape index (κ1) is 7.96. The molecule has 0 aliphatic heterocycles. The first-order valence-electron chi connectivity index (χ1n) is 3.09. The summed E-state index contributed by atoms with van der Waals surface area (Å²) in [6.07, 6.45) is 2.31. The normalized spacial score (nSPS) is 10.5. The van der Waals surface area contributed by atoms with Crippen molar-refractivity contribution in [1.82, 2.24) is 0 Å². The average molecular weight is 115 g/mol. The smallest absolute Gasteiger partial charge is 0.0462 e. The Bertz CT molecular complexity index is 41.7. The van der Waals surface area contributed by atoms with Gasteiger partial charge in [-0.2, -0.15) is 0 Å². The molecule has 1 atom stereocenters. The Kier molecular flexibility index (Phi) is 5.08. The van der Waals surface area contributed by atoms with E-state index in [0.29, 0.717) is 5.92 Å². The van der Waals surface area contributed by atoms with Crippen LogP contribution in [0.25, 0.3) is 0 Å². The van der Waals surface area contributed by atoms with Gasteiger partial charge in [-0.1, -0.05) is 13.8 Å².